The Morgan fingerprint density at radius 2 is 2.05 bits per heavy atom. The first kappa shape index (κ1) is 16.1. The van der Waals surface area contributed by atoms with Crippen molar-refractivity contribution in [3.8, 4) is 0 Å². The Labute approximate surface area is 116 Å². The maximum atomic E-state index is 5.33. The van der Waals surface area contributed by atoms with Crippen molar-refractivity contribution >= 4 is 0 Å². The predicted octanol–water partition coefficient (Wildman–Crippen LogP) is 1.88. The molecule has 0 spiro atoms. The smallest absolute Gasteiger partial charge is 0.228 e. The number of nitrogens with one attached hydrogen (secondary N) is 1. The van der Waals surface area contributed by atoms with E-state index >= 15 is 0 Å². The first-order valence-electron chi connectivity index (χ1n) is 7.35. The van der Waals surface area contributed by atoms with Crippen molar-refractivity contribution < 1.29 is 4.52 Å². The zero-order valence-electron chi connectivity index (χ0n) is 12.8. The van der Waals surface area contributed by atoms with Gasteiger partial charge in [0.05, 0.1) is 0 Å². The standard InChI is InChI=1S/C14H28N4O/c1-5-7-12(15-9-6-2)11-14-16-13(17-19-14)8-10-18(3)4/h12,15H,5-11H2,1-4H3. The quantitative estimate of drug-likeness (QED) is 0.702. The Morgan fingerprint density at radius 3 is 2.68 bits per heavy atom. The Hall–Kier alpha value is -0.940. The molecule has 0 aliphatic heterocycles. The highest BCUT2D eigenvalue weighted by molar-refractivity contribution is 4.90. The molecule has 5 nitrogen and oxygen atoms in total. The van der Waals surface area contributed by atoms with Gasteiger partial charge in [-0.1, -0.05) is 25.4 Å². The van der Waals surface area contributed by atoms with Gasteiger partial charge in [0.15, 0.2) is 5.82 Å². The van der Waals surface area contributed by atoms with Crippen LogP contribution in [0.25, 0.3) is 0 Å². The van der Waals surface area contributed by atoms with Gasteiger partial charge >= 0.3 is 0 Å². The van der Waals surface area contributed by atoms with Crippen LogP contribution in [0.4, 0.5) is 0 Å². The van der Waals surface area contributed by atoms with Gasteiger partial charge in [-0.05, 0) is 33.5 Å². The molecule has 0 fully saturated rings. The predicted molar refractivity (Wildman–Crippen MR) is 77.2 cm³/mol. The minimum absolute atomic E-state index is 0.451. The lowest BCUT2D eigenvalue weighted by Gasteiger charge is -2.15. The number of rotatable bonds is 10. The van der Waals surface area contributed by atoms with Gasteiger partial charge < -0.3 is 14.7 Å². The fourth-order valence-corrected chi connectivity index (χ4v) is 1.98. The van der Waals surface area contributed by atoms with Crippen molar-refractivity contribution in [1.82, 2.24) is 20.4 Å². The molecule has 1 aromatic heterocycles. The van der Waals surface area contributed by atoms with Crippen LogP contribution in [0.1, 0.15) is 44.8 Å². The van der Waals surface area contributed by atoms with Gasteiger partial charge in [0, 0.05) is 25.4 Å². The third-order valence-corrected chi connectivity index (χ3v) is 3.03. The van der Waals surface area contributed by atoms with Crippen molar-refractivity contribution in [2.45, 2.75) is 52.0 Å². The molecule has 0 aromatic carbocycles. The lowest BCUT2D eigenvalue weighted by Crippen LogP contribution is -2.31. The molecule has 1 aromatic rings. The molecule has 0 saturated heterocycles. The normalized spacial score (nSPS) is 13.1. The second-order valence-electron chi connectivity index (χ2n) is 5.30. The summed E-state index contributed by atoms with van der Waals surface area (Å²) in [5.41, 5.74) is 0. The molecule has 19 heavy (non-hydrogen) atoms. The van der Waals surface area contributed by atoms with Crippen molar-refractivity contribution in [3.63, 3.8) is 0 Å². The fourth-order valence-electron chi connectivity index (χ4n) is 1.98. The summed E-state index contributed by atoms with van der Waals surface area (Å²) < 4.78 is 5.33. The molecule has 0 bridgehead atoms. The van der Waals surface area contributed by atoms with Gasteiger partial charge in [0.1, 0.15) is 0 Å². The zero-order chi connectivity index (χ0) is 14.1. The molecule has 1 rings (SSSR count). The second kappa shape index (κ2) is 9.04. The summed E-state index contributed by atoms with van der Waals surface area (Å²) in [7, 11) is 4.10. The Kier molecular flexibility index (Phi) is 7.67. The van der Waals surface area contributed by atoms with E-state index in [1.54, 1.807) is 0 Å². The molecular weight excluding hydrogens is 240 g/mol. The highest BCUT2D eigenvalue weighted by atomic mass is 16.5. The Balaban J connectivity index is 2.44. The average Bonchev–Trinajstić information content (AvgIpc) is 2.81. The summed E-state index contributed by atoms with van der Waals surface area (Å²) >= 11 is 0. The highest BCUT2D eigenvalue weighted by Gasteiger charge is 2.13. The average molecular weight is 268 g/mol. The van der Waals surface area contributed by atoms with Crippen LogP contribution >= 0.6 is 0 Å². The third-order valence-electron chi connectivity index (χ3n) is 3.03. The first-order valence-corrected chi connectivity index (χ1v) is 7.35. The van der Waals surface area contributed by atoms with Crippen molar-refractivity contribution in [1.29, 1.82) is 0 Å². The molecule has 0 radical (unpaired) electrons. The molecule has 110 valence electrons. The molecule has 1 N–H and O–H groups in total. The largest absolute Gasteiger partial charge is 0.339 e. The minimum atomic E-state index is 0.451. The molecular formula is C14H28N4O. The van der Waals surface area contributed by atoms with E-state index in [1.165, 1.54) is 6.42 Å². The fraction of sp³-hybridized carbons (Fsp3) is 0.857. The van der Waals surface area contributed by atoms with Gasteiger partial charge in [0.2, 0.25) is 5.89 Å². The van der Waals surface area contributed by atoms with E-state index in [-0.39, 0.29) is 0 Å². The zero-order valence-corrected chi connectivity index (χ0v) is 12.8. The minimum Gasteiger partial charge on any atom is -0.339 e. The van der Waals surface area contributed by atoms with Crippen LogP contribution in [0.5, 0.6) is 0 Å². The molecule has 1 heterocycles. The van der Waals surface area contributed by atoms with Crippen LogP contribution in [0.2, 0.25) is 0 Å². The number of hydrogen-bond acceptors (Lipinski definition) is 5. The van der Waals surface area contributed by atoms with Crippen molar-refractivity contribution in [2.75, 3.05) is 27.2 Å². The van der Waals surface area contributed by atoms with E-state index in [0.29, 0.717) is 6.04 Å². The molecule has 0 amide bonds. The summed E-state index contributed by atoms with van der Waals surface area (Å²) in [4.78, 5) is 6.59. The first-order chi connectivity index (χ1) is 9.15. The van der Waals surface area contributed by atoms with Gasteiger partial charge in [-0.15, -0.1) is 0 Å². The van der Waals surface area contributed by atoms with Crippen LogP contribution in [0.15, 0.2) is 4.52 Å². The lowest BCUT2D eigenvalue weighted by atomic mass is 10.1. The second-order valence-corrected chi connectivity index (χ2v) is 5.30. The maximum Gasteiger partial charge on any atom is 0.228 e. The van der Waals surface area contributed by atoms with Crippen molar-refractivity contribution in [3.05, 3.63) is 11.7 Å². The monoisotopic (exact) mass is 268 g/mol. The summed E-state index contributed by atoms with van der Waals surface area (Å²) in [6, 6.07) is 0.451. The van der Waals surface area contributed by atoms with E-state index in [1.807, 2.05) is 14.1 Å². The van der Waals surface area contributed by atoms with E-state index in [0.717, 1.165) is 50.5 Å². The number of aromatic nitrogens is 2. The SMILES string of the molecule is CCCNC(CCC)Cc1nc(CCN(C)C)no1. The molecule has 0 aliphatic rings. The molecule has 1 unspecified atom stereocenters. The van der Waals surface area contributed by atoms with Crippen LogP contribution in [-0.4, -0.2) is 48.3 Å². The van der Waals surface area contributed by atoms with Gasteiger partial charge in [-0.2, -0.15) is 4.98 Å². The molecule has 0 aliphatic carbocycles. The van der Waals surface area contributed by atoms with Gasteiger partial charge in [0.25, 0.3) is 0 Å². The number of nitrogens with zero attached hydrogens (tertiary/aromatic N) is 3. The molecule has 5 heteroatoms. The molecule has 0 saturated carbocycles. The van der Waals surface area contributed by atoms with Gasteiger partial charge in [-0.3, -0.25) is 0 Å². The van der Waals surface area contributed by atoms with E-state index in [9.17, 15) is 0 Å². The topological polar surface area (TPSA) is 54.2 Å². The van der Waals surface area contributed by atoms with Gasteiger partial charge in [-0.25, -0.2) is 0 Å². The number of likely N-dealkylation sites (N-methyl/N-ethyl adjacent to an activating group) is 1. The van der Waals surface area contributed by atoms with E-state index in [4.69, 9.17) is 4.52 Å². The van der Waals surface area contributed by atoms with Crippen LogP contribution in [0, 0.1) is 0 Å². The Bertz CT molecular complexity index is 338. The Morgan fingerprint density at radius 1 is 1.26 bits per heavy atom. The van der Waals surface area contributed by atoms with Crippen molar-refractivity contribution in [2.24, 2.45) is 0 Å². The van der Waals surface area contributed by atoms with Crippen LogP contribution in [-0.2, 0) is 12.8 Å². The van der Waals surface area contributed by atoms with Crippen LogP contribution in [0.3, 0.4) is 0 Å². The number of hydrogen-bond donors (Lipinski definition) is 1. The summed E-state index contributed by atoms with van der Waals surface area (Å²) in [5.74, 6) is 1.57. The van der Waals surface area contributed by atoms with E-state index < -0.39 is 0 Å². The van der Waals surface area contributed by atoms with E-state index in [2.05, 4.69) is 34.2 Å². The summed E-state index contributed by atoms with van der Waals surface area (Å²) in [5, 5.41) is 7.58. The third kappa shape index (κ3) is 6.68. The summed E-state index contributed by atoms with van der Waals surface area (Å²) in [6.45, 7) is 6.39. The van der Waals surface area contributed by atoms with Crippen LogP contribution < -0.4 is 5.32 Å². The highest BCUT2D eigenvalue weighted by Crippen LogP contribution is 2.07. The summed E-state index contributed by atoms with van der Waals surface area (Å²) in [6.07, 6.45) is 5.15. The maximum absolute atomic E-state index is 5.33. The molecule has 1 atom stereocenters. The lowest BCUT2D eigenvalue weighted by molar-refractivity contribution is 0.344.